The molecule has 0 bridgehead atoms. The molecular weight excluding hydrogens is 250 g/mol. The van der Waals surface area contributed by atoms with E-state index in [2.05, 4.69) is 46.4 Å². The van der Waals surface area contributed by atoms with Crippen LogP contribution in [0.4, 0.5) is 11.4 Å². The van der Waals surface area contributed by atoms with Gasteiger partial charge in [-0.25, -0.2) is 0 Å². The molecule has 2 heterocycles. The summed E-state index contributed by atoms with van der Waals surface area (Å²) in [5.41, 5.74) is 2.69. The highest BCUT2D eigenvalue weighted by molar-refractivity contribution is 5.73. The number of nitrogens with one attached hydrogen (secondary N) is 1. The van der Waals surface area contributed by atoms with Gasteiger partial charge in [-0.05, 0) is 32.0 Å². The minimum absolute atomic E-state index is 0.379. The summed E-state index contributed by atoms with van der Waals surface area (Å²) in [7, 11) is 4.17. The molecule has 2 unspecified atom stereocenters. The Balaban J connectivity index is 1.66. The Kier molecular flexibility index (Phi) is 4.13. The molecule has 1 saturated heterocycles. The number of likely N-dealkylation sites (N-methyl/N-ethyl adjacent to an activating group) is 2. The van der Waals surface area contributed by atoms with E-state index in [1.807, 2.05) is 7.05 Å². The van der Waals surface area contributed by atoms with Gasteiger partial charge in [-0.1, -0.05) is 12.1 Å². The third-order valence-corrected chi connectivity index (χ3v) is 4.39. The summed E-state index contributed by atoms with van der Waals surface area (Å²) in [6, 6.07) is 8.68. The summed E-state index contributed by atoms with van der Waals surface area (Å²) in [5.74, 6) is 0. The first-order valence-electron chi connectivity index (χ1n) is 7.63. The van der Waals surface area contributed by atoms with E-state index < -0.39 is 0 Å². The van der Waals surface area contributed by atoms with Gasteiger partial charge in [0.25, 0.3) is 0 Å². The lowest BCUT2D eigenvalue weighted by Gasteiger charge is -2.38. The first-order chi connectivity index (χ1) is 9.78. The largest absolute Gasteiger partial charge is 0.372 e. The normalized spacial score (nSPS) is 25.9. The molecule has 0 aromatic heterocycles. The van der Waals surface area contributed by atoms with Gasteiger partial charge >= 0.3 is 0 Å². The van der Waals surface area contributed by atoms with Crippen LogP contribution in [0.1, 0.15) is 12.8 Å². The number of benzene rings is 1. The van der Waals surface area contributed by atoms with Gasteiger partial charge in [0.2, 0.25) is 0 Å². The number of ether oxygens (including phenoxy) is 1. The molecule has 110 valence electrons. The highest BCUT2D eigenvalue weighted by Gasteiger charge is 2.28. The van der Waals surface area contributed by atoms with Crippen molar-refractivity contribution in [2.75, 3.05) is 50.1 Å². The predicted molar refractivity (Wildman–Crippen MR) is 83.7 cm³/mol. The van der Waals surface area contributed by atoms with E-state index in [4.69, 9.17) is 4.74 Å². The van der Waals surface area contributed by atoms with E-state index in [1.54, 1.807) is 0 Å². The highest BCUT2D eigenvalue weighted by Crippen LogP contribution is 2.33. The molecule has 1 aromatic carbocycles. The molecule has 1 fully saturated rings. The zero-order valence-corrected chi connectivity index (χ0v) is 12.5. The van der Waals surface area contributed by atoms with Gasteiger partial charge < -0.3 is 19.9 Å². The highest BCUT2D eigenvalue weighted by atomic mass is 16.5. The van der Waals surface area contributed by atoms with Crippen LogP contribution in [0.2, 0.25) is 0 Å². The summed E-state index contributed by atoms with van der Waals surface area (Å²) < 4.78 is 6.13. The monoisotopic (exact) mass is 275 g/mol. The average molecular weight is 275 g/mol. The van der Waals surface area contributed by atoms with Crippen LogP contribution in [0, 0.1) is 0 Å². The minimum Gasteiger partial charge on any atom is -0.372 e. The Morgan fingerprint density at radius 3 is 2.70 bits per heavy atom. The van der Waals surface area contributed by atoms with Crippen LogP contribution in [0.3, 0.4) is 0 Å². The number of fused-ring (bicyclic) bond motifs is 1. The Morgan fingerprint density at radius 2 is 1.90 bits per heavy atom. The second-order valence-corrected chi connectivity index (χ2v) is 5.87. The zero-order valence-electron chi connectivity index (χ0n) is 12.5. The lowest BCUT2D eigenvalue weighted by Crippen LogP contribution is -2.42. The SMILES string of the molecule is CNCC1CCC(CN2CCN(C)c3ccccc32)O1. The summed E-state index contributed by atoms with van der Waals surface area (Å²) in [6.45, 7) is 4.16. The second-order valence-electron chi connectivity index (χ2n) is 5.87. The maximum Gasteiger partial charge on any atom is 0.0755 e. The number of hydrogen-bond acceptors (Lipinski definition) is 4. The molecule has 0 saturated carbocycles. The first-order valence-corrected chi connectivity index (χ1v) is 7.63. The molecule has 2 aliphatic heterocycles. The summed E-state index contributed by atoms with van der Waals surface area (Å²) in [4.78, 5) is 4.83. The molecular formula is C16H25N3O. The van der Waals surface area contributed by atoms with Crippen LogP contribution < -0.4 is 15.1 Å². The van der Waals surface area contributed by atoms with E-state index in [9.17, 15) is 0 Å². The molecule has 4 heteroatoms. The van der Waals surface area contributed by atoms with Crippen molar-refractivity contribution in [2.24, 2.45) is 0 Å². The van der Waals surface area contributed by atoms with Crippen LogP contribution in [0.25, 0.3) is 0 Å². The van der Waals surface area contributed by atoms with Crippen molar-refractivity contribution >= 4 is 11.4 Å². The summed E-state index contributed by atoms with van der Waals surface area (Å²) in [6.07, 6.45) is 3.14. The van der Waals surface area contributed by atoms with Gasteiger partial charge in [0.15, 0.2) is 0 Å². The fourth-order valence-corrected chi connectivity index (χ4v) is 3.29. The van der Waals surface area contributed by atoms with Crippen molar-refractivity contribution in [3.8, 4) is 0 Å². The van der Waals surface area contributed by atoms with E-state index in [0.29, 0.717) is 12.2 Å². The van der Waals surface area contributed by atoms with Gasteiger partial charge in [0.1, 0.15) is 0 Å². The van der Waals surface area contributed by atoms with Crippen LogP contribution in [-0.4, -0.2) is 52.5 Å². The van der Waals surface area contributed by atoms with Gasteiger partial charge in [-0.2, -0.15) is 0 Å². The predicted octanol–water partition coefficient (Wildman–Crippen LogP) is 1.71. The van der Waals surface area contributed by atoms with Crippen LogP contribution in [0.5, 0.6) is 0 Å². The van der Waals surface area contributed by atoms with E-state index in [-0.39, 0.29) is 0 Å². The molecule has 0 spiro atoms. The standard InChI is InChI=1S/C16H25N3O/c1-17-11-13-7-8-14(20-13)12-19-10-9-18(2)15-5-3-4-6-16(15)19/h3-6,13-14,17H,7-12H2,1-2H3. The van der Waals surface area contributed by atoms with Crippen LogP contribution in [0.15, 0.2) is 24.3 Å². The lowest BCUT2D eigenvalue weighted by molar-refractivity contribution is 0.0505. The van der Waals surface area contributed by atoms with Crippen molar-refractivity contribution in [1.29, 1.82) is 0 Å². The lowest BCUT2D eigenvalue weighted by atomic mass is 10.1. The number of rotatable bonds is 4. The number of hydrogen-bond donors (Lipinski definition) is 1. The molecule has 0 amide bonds. The Hall–Kier alpha value is -1.26. The van der Waals surface area contributed by atoms with Crippen LogP contribution in [-0.2, 0) is 4.74 Å². The average Bonchev–Trinajstić information content (AvgIpc) is 2.90. The second kappa shape index (κ2) is 6.02. The third-order valence-electron chi connectivity index (χ3n) is 4.39. The first kappa shape index (κ1) is 13.7. The van der Waals surface area contributed by atoms with Crippen molar-refractivity contribution in [3.05, 3.63) is 24.3 Å². The molecule has 2 atom stereocenters. The Bertz CT molecular complexity index is 451. The quantitative estimate of drug-likeness (QED) is 0.905. The van der Waals surface area contributed by atoms with Gasteiger partial charge in [0, 0.05) is 33.2 Å². The zero-order chi connectivity index (χ0) is 13.9. The van der Waals surface area contributed by atoms with Crippen molar-refractivity contribution in [2.45, 2.75) is 25.0 Å². The molecule has 20 heavy (non-hydrogen) atoms. The maximum atomic E-state index is 6.13. The Labute approximate surface area is 121 Å². The number of para-hydroxylation sites is 2. The number of nitrogens with zero attached hydrogens (tertiary/aromatic N) is 2. The number of anilines is 2. The molecule has 0 aliphatic carbocycles. The molecule has 1 N–H and O–H groups in total. The third kappa shape index (κ3) is 2.76. The van der Waals surface area contributed by atoms with Crippen molar-refractivity contribution in [3.63, 3.8) is 0 Å². The molecule has 0 radical (unpaired) electrons. The van der Waals surface area contributed by atoms with Crippen molar-refractivity contribution in [1.82, 2.24) is 5.32 Å². The van der Waals surface area contributed by atoms with Crippen molar-refractivity contribution < 1.29 is 4.74 Å². The fourth-order valence-electron chi connectivity index (χ4n) is 3.29. The minimum atomic E-state index is 0.379. The fraction of sp³-hybridized carbons (Fsp3) is 0.625. The smallest absolute Gasteiger partial charge is 0.0755 e. The van der Waals surface area contributed by atoms with Crippen LogP contribution >= 0.6 is 0 Å². The van der Waals surface area contributed by atoms with Gasteiger partial charge in [-0.3, -0.25) is 0 Å². The maximum absolute atomic E-state index is 6.13. The molecule has 4 nitrogen and oxygen atoms in total. The molecule has 3 rings (SSSR count). The van der Waals surface area contributed by atoms with Gasteiger partial charge in [0.05, 0.1) is 23.6 Å². The molecule has 1 aromatic rings. The topological polar surface area (TPSA) is 27.7 Å². The van der Waals surface area contributed by atoms with E-state index >= 15 is 0 Å². The Morgan fingerprint density at radius 1 is 1.15 bits per heavy atom. The summed E-state index contributed by atoms with van der Waals surface area (Å²) >= 11 is 0. The van der Waals surface area contributed by atoms with E-state index in [1.165, 1.54) is 24.2 Å². The van der Waals surface area contributed by atoms with Gasteiger partial charge in [-0.15, -0.1) is 0 Å². The van der Waals surface area contributed by atoms with E-state index in [0.717, 1.165) is 26.2 Å². The summed E-state index contributed by atoms with van der Waals surface area (Å²) in [5, 5.41) is 3.21. The molecule has 2 aliphatic rings.